The summed E-state index contributed by atoms with van der Waals surface area (Å²) in [6, 6.07) is 0. The molecule has 6 amide bonds. The van der Waals surface area contributed by atoms with E-state index in [4.69, 9.17) is 9.84 Å². The van der Waals surface area contributed by atoms with Crippen LogP contribution in [0.2, 0.25) is 0 Å². The van der Waals surface area contributed by atoms with Gasteiger partial charge in [0.05, 0.1) is 13.2 Å². The van der Waals surface area contributed by atoms with Gasteiger partial charge in [-0.2, -0.15) is 23.5 Å². The van der Waals surface area contributed by atoms with Crippen LogP contribution < -0.4 is 21.3 Å². The van der Waals surface area contributed by atoms with Gasteiger partial charge in [-0.05, 0) is 6.42 Å². The molecule has 0 spiro atoms. The summed E-state index contributed by atoms with van der Waals surface area (Å²) < 4.78 is 5.22. The van der Waals surface area contributed by atoms with E-state index in [0.29, 0.717) is 102 Å². The van der Waals surface area contributed by atoms with E-state index in [9.17, 15) is 33.6 Å². The van der Waals surface area contributed by atoms with Crippen molar-refractivity contribution in [1.82, 2.24) is 31.1 Å². The molecule has 61 heavy (non-hydrogen) atoms. The van der Waals surface area contributed by atoms with Crippen LogP contribution in [0.25, 0.3) is 0 Å². The third-order valence-corrected chi connectivity index (χ3v) is 11.4. The van der Waals surface area contributed by atoms with Crippen LogP contribution in [0.15, 0.2) is 0 Å². The molecule has 0 radical (unpaired) electrons. The lowest BCUT2D eigenvalue weighted by molar-refractivity contribution is -0.144. The smallest absolute Gasteiger partial charge is 0.305 e. The van der Waals surface area contributed by atoms with Crippen LogP contribution in [0, 0.1) is 0 Å². The molecule has 0 aromatic rings. The van der Waals surface area contributed by atoms with Gasteiger partial charge in [-0.1, -0.05) is 98.8 Å². The number of aliphatic hydroxyl groups is 1. The van der Waals surface area contributed by atoms with E-state index in [0.717, 1.165) is 24.3 Å². The minimum atomic E-state index is -0.189. The lowest BCUT2D eigenvalue weighted by atomic mass is 10.1. The number of nitrogens with one attached hydrogen (secondary N) is 4. The maximum atomic E-state index is 12.1. The Morgan fingerprint density at radius 1 is 0.459 bits per heavy atom. The van der Waals surface area contributed by atoms with Crippen LogP contribution in [0.4, 0.5) is 0 Å². The first-order valence-corrected chi connectivity index (χ1v) is 25.3. The van der Waals surface area contributed by atoms with Crippen LogP contribution in [0.3, 0.4) is 0 Å². The number of aliphatic hydroxyl groups excluding tert-OH is 1. The van der Waals surface area contributed by atoms with E-state index in [1.165, 1.54) is 57.8 Å². The second-order valence-corrected chi connectivity index (χ2v) is 17.0. The summed E-state index contributed by atoms with van der Waals surface area (Å²) >= 11 is 3.23. The van der Waals surface area contributed by atoms with Gasteiger partial charge < -0.3 is 40.9 Å². The Kier molecular flexibility index (Phi) is 44.3. The summed E-state index contributed by atoms with van der Waals surface area (Å²) in [5.74, 6) is 2.58. The highest BCUT2D eigenvalue weighted by Gasteiger charge is 2.13. The maximum absolute atomic E-state index is 12.1. The van der Waals surface area contributed by atoms with E-state index in [-0.39, 0.29) is 61.2 Å². The van der Waals surface area contributed by atoms with Crippen LogP contribution >= 0.6 is 23.5 Å². The van der Waals surface area contributed by atoms with E-state index in [2.05, 4.69) is 28.2 Å². The summed E-state index contributed by atoms with van der Waals surface area (Å²) in [7, 11) is 0. The molecule has 0 atom stereocenters. The van der Waals surface area contributed by atoms with Gasteiger partial charge in [0.15, 0.2) is 0 Å². The highest BCUT2D eigenvalue weighted by molar-refractivity contribution is 7.99. The average molecular weight is 905 g/mol. The maximum Gasteiger partial charge on any atom is 0.305 e. The Bertz CT molecular complexity index is 1170. The van der Waals surface area contributed by atoms with E-state index in [1.807, 2.05) is 13.8 Å². The monoisotopic (exact) mass is 905 g/mol. The molecule has 0 bridgehead atoms. The molecule has 0 unspecified atom stereocenters. The zero-order chi connectivity index (χ0) is 45.8. The van der Waals surface area contributed by atoms with Gasteiger partial charge in [-0.3, -0.25) is 33.6 Å². The van der Waals surface area contributed by atoms with E-state index < -0.39 is 0 Å². The summed E-state index contributed by atoms with van der Waals surface area (Å²) in [5.41, 5.74) is 0. The molecule has 0 saturated heterocycles. The van der Waals surface area contributed by atoms with Gasteiger partial charge in [0.25, 0.3) is 0 Å². The fraction of sp³-hybridized carbons (Fsp3) is 0.841. The van der Waals surface area contributed by atoms with Crippen molar-refractivity contribution in [3.63, 3.8) is 0 Å². The van der Waals surface area contributed by atoms with Crippen molar-refractivity contribution < 1.29 is 43.4 Å². The number of carbonyl (C=O) groups excluding carboxylic acids is 7. The zero-order valence-electron chi connectivity index (χ0n) is 38.6. The lowest BCUT2D eigenvalue weighted by Crippen LogP contribution is -2.39. The van der Waals surface area contributed by atoms with Crippen molar-refractivity contribution >= 4 is 64.9 Å². The van der Waals surface area contributed by atoms with Gasteiger partial charge in [0.1, 0.15) is 6.61 Å². The van der Waals surface area contributed by atoms with Gasteiger partial charge >= 0.3 is 5.97 Å². The van der Waals surface area contributed by atoms with Crippen LogP contribution in [0.1, 0.15) is 150 Å². The van der Waals surface area contributed by atoms with E-state index in [1.54, 1.807) is 47.2 Å². The molecular weight excluding hydrogens is 821 g/mol. The molecule has 5 N–H and O–H groups in total. The van der Waals surface area contributed by atoms with Crippen molar-refractivity contribution in [1.29, 1.82) is 0 Å². The number of ether oxygens (including phenoxy) is 1. The first kappa shape index (κ1) is 60.0. The van der Waals surface area contributed by atoms with Crippen molar-refractivity contribution in [2.45, 2.75) is 150 Å². The second-order valence-electron chi connectivity index (χ2n) is 14.5. The first-order chi connectivity index (χ1) is 29.5. The second kappa shape index (κ2) is 45.0. The largest absolute Gasteiger partial charge is 0.464 e. The highest BCUT2D eigenvalue weighted by atomic mass is 32.2. The number of thioether (sulfide) groups is 2. The number of rotatable bonds is 39. The molecule has 0 saturated carbocycles. The third kappa shape index (κ3) is 40.8. The predicted molar refractivity (Wildman–Crippen MR) is 249 cm³/mol. The Labute approximate surface area is 376 Å². The number of hydrogen-bond acceptors (Lipinski definition) is 11. The molecule has 0 rings (SSSR count). The number of hydrogen-bond donors (Lipinski definition) is 5. The fourth-order valence-electron chi connectivity index (χ4n) is 5.70. The van der Waals surface area contributed by atoms with Crippen molar-refractivity contribution in [3.8, 4) is 0 Å². The molecule has 356 valence electrons. The van der Waals surface area contributed by atoms with E-state index >= 15 is 0 Å². The SMILES string of the molecule is CCC(=O)NCCN(CCSCCC(=O)NCCO)C(=O)CC.CCCCCCCCCCCCCC(=O)OCCNC(=O)CCSCCN(CCNC(=O)CC)C(=O)CC. The van der Waals surface area contributed by atoms with Gasteiger partial charge in [-0.25, -0.2) is 0 Å². The minimum absolute atomic E-state index is 0.0165. The number of nitrogens with zero attached hydrogens (tertiary/aromatic N) is 2. The minimum Gasteiger partial charge on any atom is -0.464 e. The quantitative estimate of drug-likeness (QED) is 0.0400. The third-order valence-electron chi connectivity index (χ3n) is 9.42. The van der Waals surface area contributed by atoms with Gasteiger partial charge in [0.2, 0.25) is 35.4 Å². The van der Waals surface area contributed by atoms with Crippen LogP contribution in [0.5, 0.6) is 0 Å². The predicted octanol–water partition coefficient (Wildman–Crippen LogP) is 5.22. The standard InChI is InChI=1S/C29H55N3O5S.C15H29N3O4S/c1-4-7-8-9-10-11-12-13-14-15-16-17-29(36)37-23-20-31-27(34)18-24-38-25-22-32(28(35)6-3)21-19-30-26(33)5-2;1-3-13(20)16-6-8-18(15(22)4-2)9-12-23-11-5-14(21)17-7-10-19/h4-25H2,1-3H3,(H,30,33)(H,31,34);19H,3-12H2,1-2H3,(H,16,20)(H,17,21). The Morgan fingerprint density at radius 2 is 0.869 bits per heavy atom. The Balaban J connectivity index is 0. The summed E-state index contributed by atoms with van der Waals surface area (Å²) in [4.78, 5) is 85.2. The Hall–Kier alpha value is -3.05. The van der Waals surface area contributed by atoms with Crippen molar-refractivity contribution in [2.75, 3.05) is 88.6 Å². The molecule has 15 nitrogen and oxygen atoms in total. The van der Waals surface area contributed by atoms with Gasteiger partial charge in [-0.15, -0.1) is 0 Å². The molecule has 0 aromatic heterocycles. The molecule has 0 aromatic carbocycles. The average Bonchev–Trinajstić information content (AvgIpc) is 3.26. The number of amides is 6. The number of esters is 1. The zero-order valence-corrected chi connectivity index (χ0v) is 40.2. The summed E-state index contributed by atoms with van der Waals surface area (Å²) in [6.07, 6.45) is 16.7. The number of unbranched alkanes of at least 4 members (excludes halogenated alkanes) is 10. The Morgan fingerprint density at radius 3 is 1.28 bits per heavy atom. The highest BCUT2D eigenvalue weighted by Crippen LogP contribution is 2.12. The van der Waals surface area contributed by atoms with Crippen molar-refractivity contribution in [3.05, 3.63) is 0 Å². The topological polar surface area (TPSA) is 204 Å². The molecule has 0 aliphatic heterocycles. The molecule has 0 aliphatic rings. The van der Waals surface area contributed by atoms with Gasteiger partial charge in [0, 0.05) is 114 Å². The number of carbonyl (C=O) groups is 7. The van der Waals surface area contributed by atoms with Crippen LogP contribution in [-0.4, -0.2) is 145 Å². The normalized spacial score (nSPS) is 10.5. The summed E-state index contributed by atoms with van der Waals surface area (Å²) in [5, 5.41) is 19.5. The molecule has 17 heteroatoms. The fourth-order valence-corrected chi connectivity index (χ4v) is 7.46. The molecule has 0 aliphatic carbocycles. The first-order valence-electron chi connectivity index (χ1n) is 23.0. The molecule has 0 fully saturated rings. The lowest BCUT2D eigenvalue weighted by Gasteiger charge is -2.22. The van der Waals surface area contributed by atoms with Crippen molar-refractivity contribution in [2.24, 2.45) is 0 Å². The van der Waals surface area contributed by atoms with Crippen LogP contribution in [-0.2, 0) is 38.3 Å². The molecule has 0 heterocycles. The molecular formula is C44H84N6O9S2. The summed E-state index contributed by atoms with van der Waals surface area (Å²) in [6.45, 7) is 13.4.